The summed E-state index contributed by atoms with van der Waals surface area (Å²) in [5.74, 6) is 3.36. The quantitative estimate of drug-likeness (QED) is 0.647. The van der Waals surface area contributed by atoms with Gasteiger partial charge in [-0.05, 0) is 36.3 Å². The van der Waals surface area contributed by atoms with Crippen LogP contribution in [0.2, 0.25) is 0 Å². The van der Waals surface area contributed by atoms with Crippen molar-refractivity contribution in [3.8, 4) is 0 Å². The number of nitrogens with one attached hydrogen (secondary N) is 1. The Bertz CT molecular complexity index is 410. The lowest BCUT2D eigenvalue weighted by atomic mass is 9.79. The average molecular weight is 268 g/mol. The fraction of sp³-hybridized carbons (Fsp3) is 0.600. The lowest BCUT2D eigenvalue weighted by molar-refractivity contribution is -0.0497. The van der Waals surface area contributed by atoms with Crippen molar-refractivity contribution in [2.24, 2.45) is 11.8 Å². The minimum Gasteiger partial charge on any atom is -0.271 e. The molecule has 4 heteroatoms. The van der Waals surface area contributed by atoms with Gasteiger partial charge in [-0.15, -0.1) is 0 Å². The number of hydrogen-bond acceptors (Lipinski definition) is 2. The molecule has 2 nitrogen and oxygen atoms in total. The van der Waals surface area contributed by atoms with E-state index in [9.17, 15) is 8.78 Å². The fourth-order valence-electron chi connectivity index (χ4n) is 2.91. The highest BCUT2D eigenvalue weighted by Crippen LogP contribution is 2.41. The Morgan fingerprint density at radius 2 is 2.05 bits per heavy atom. The normalized spacial score (nSPS) is 21.3. The van der Waals surface area contributed by atoms with Gasteiger partial charge in [0.05, 0.1) is 0 Å². The van der Waals surface area contributed by atoms with Gasteiger partial charge in [0.2, 0.25) is 5.92 Å². The van der Waals surface area contributed by atoms with E-state index in [1.807, 2.05) is 12.1 Å². The van der Waals surface area contributed by atoms with Gasteiger partial charge in [-0.3, -0.25) is 11.3 Å². The third-order valence-electron chi connectivity index (χ3n) is 4.13. The minimum atomic E-state index is -2.49. The molecule has 1 fully saturated rings. The predicted molar refractivity (Wildman–Crippen MR) is 72.8 cm³/mol. The number of hydrazine groups is 1. The smallest absolute Gasteiger partial charge is 0.248 e. The molecule has 0 saturated heterocycles. The second kappa shape index (κ2) is 5.97. The number of rotatable bonds is 4. The molecule has 19 heavy (non-hydrogen) atoms. The Balaban J connectivity index is 2.11. The monoisotopic (exact) mass is 268 g/mol. The lowest BCUT2D eigenvalue weighted by Crippen LogP contribution is -2.37. The molecule has 0 bridgehead atoms. The highest BCUT2D eigenvalue weighted by molar-refractivity contribution is 5.26. The van der Waals surface area contributed by atoms with Gasteiger partial charge in [0.25, 0.3) is 0 Å². The Morgan fingerprint density at radius 1 is 1.37 bits per heavy atom. The van der Waals surface area contributed by atoms with Crippen LogP contribution in [0.4, 0.5) is 8.78 Å². The Hall–Kier alpha value is -1.00. The Labute approximate surface area is 113 Å². The van der Waals surface area contributed by atoms with E-state index in [4.69, 9.17) is 5.84 Å². The molecule has 0 aliphatic heterocycles. The molecular formula is C15H22F2N2. The SMILES string of the molecule is CCc1cccc(C(NN)C2CCC(F)(F)CC2)c1. The first-order valence-electron chi connectivity index (χ1n) is 6.98. The van der Waals surface area contributed by atoms with E-state index in [0.29, 0.717) is 12.8 Å². The topological polar surface area (TPSA) is 38.0 Å². The van der Waals surface area contributed by atoms with Crippen LogP contribution in [0, 0.1) is 5.92 Å². The van der Waals surface area contributed by atoms with Crippen LogP contribution in [-0.2, 0) is 6.42 Å². The number of nitrogens with two attached hydrogens (primary N) is 1. The van der Waals surface area contributed by atoms with Crippen LogP contribution in [0.1, 0.15) is 49.8 Å². The van der Waals surface area contributed by atoms with E-state index in [0.717, 1.165) is 12.0 Å². The van der Waals surface area contributed by atoms with Crippen molar-refractivity contribution in [2.75, 3.05) is 0 Å². The van der Waals surface area contributed by atoms with Crippen molar-refractivity contribution in [2.45, 2.75) is 51.0 Å². The van der Waals surface area contributed by atoms with E-state index in [1.54, 1.807) is 0 Å². The average Bonchev–Trinajstić information content (AvgIpc) is 2.41. The molecule has 106 valence electrons. The number of alkyl halides is 2. The largest absolute Gasteiger partial charge is 0.271 e. The van der Waals surface area contributed by atoms with E-state index in [-0.39, 0.29) is 24.8 Å². The highest BCUT2D eigenvalue weighted by Gasteiger charge is 2.37. The molecule has 0 aromatic heterocycles. The van der Waals surface area contributed by atoms with Gasteiger partial charge in [0, 0.05) is 18.9 Å². The van der Waals surface area contributed by atoms with Gasteiger partial charge < -0.3 is 0 Å². The second-order valence-electron chi connectivity index (χ2n) is 5.44. The van der Waals surface area contributed by atoms with E-state index >= 15 is 0 Å². The summed E-state index contributed by atoms with van der Waals surface area (Å²) < 4.78 is 26.4. The van der Waals surface area contributed by atoms with Crippen molar-refractivity contribution in [3.63, 3.8) is 0 Å². The lowest BCUT2D eigenvalue weighted by Gasteiger charge is -2.33. The first-order chi connectivity index (χ1) is 9.05. The van der Waals surface area contributed by atoms with Gasteiger partial charge in [-0.1, -0.05) is 31.2 Å². The van der Waals surface area contributed by atoms with Crippen molar-refractivity contribution in [3.05, 3.63) is 35.4 Å². The molecule has 1 saturated carbocycles. The first kappa shape index (κ1) is 14.4. The summed E-state index contributed by atoms with van der Waals surface area (Å²) in [6.45, 7) is 2.10. The molecule has 1 aliphatic carbocycles. The number of hydrogen-bond donors (Lipinski definition) is 2. The van der Waals surface area contributed by atoms with Crippen molar-refractivity contribution in [1.29, 1.82) is 0 Å². The minimum absolute atomic E-state index is 0.0245. The Kier molecular flexibility index (Phi) is 4.53. The maximum atomic E-state index is 13.2. The predicted octanol–water partition coefficient (Wildman–Crippen LogP) is 3.58. The molecule has 3 N–H and O–H groups in total. The van der Waals surface area contributed by atoms with E-state index in [2.05, 4.69) is 24.5 Å². The van der Waals surface area contributed by atoms with Crippen LogP contribution < -0.4 is 11.3 Å². The van der Waals surface area contributed by atoms with Gasteiger partial charge in [-0.25, -0.2) is 8.78 Å². The Morgan fingerprint density at radius 3 is 2.63 bits per heavy atom. The first-order valence-corrected chi connectivity index (χ1v) is 6.98. The standard InChI is InChI=1S/C15H22F2N2/c1-2-11-4-3-5-13(10-11)14(19-18)12-6-8-15(16,17)9-7-12/h3-5,10,12,14,19H,2,6-9,18H2,1H3. The summed E-state index contributed by atoms with van der Waals surface area (Å²) in [4.78, 5) is 0. The fourth-order valence-corrected chi connectivity index (χ4v) is 2.91. The number of benzene rings is 1. The molecular weight excluding hydrogens is 246 g/mol. The van der Waals surface area contributed by atoms with Crippen LogP contribution in [0.3, 0.4) is 0 Å². The molecule has 0 amide bonds. The molecule has 2 rings (SSSR count). The molecule has 1 atom stereocenters. The summed E-state index contributed by atoms with van der Waals surface area (Å²) in [5, 5.41) is 0. The van der Waals surface area contributed by atoms with Gasteiger partial charge in [0.1, 0.15) is 0 Å². The third kappa shape index (κ3) is 3.51. The van der Waals surface area contributed by atoms with Gasteiger partial charge in [-0.2, -0.15) is 0 Å². The molecule has 0 spiro atoms. The number of aryl methyl sites for hydroxylation is 1. The van der Waals surface area contributed by atoms with Gasteiger partial charge in [0.15, 0.2) is 0 Å². The van der Waals surface area contributed by atoms with E-state index < -0.39 is 5.92 Å². The van der Waals surface area contributed by atoms with Crippen molar-refractivity contribution >= 4 is 0 Å². The molecule has 1 unspecified atom stereocenters. The zero-order chi connectivity index (χ0) is 13.9. The number of halogens is 2. The summed E-state index contributed by atoms with van der Waals surface area (Å²) in [5.41, 5.74) is 5.18. The maximum Gasteiger partial charge on any atom is 0.248 e. The molecule has 1 aromatic carbocycles. The van der Waals surface area contributed by atoms with Crippen molar-refractivity contribution < 1.29 is 8.78 Å². The third-order valence-corrected chi connectivity index (χ3v) is 4.13. The molecule has 0 radical (unpaired) electrons. The van der Waals surface area contributed by atoms with Crippen LogP contribution in [0.15, 0.2) is 24.3 Å². The summed E-state index contributed by atoms with van der Waals surface area (Å²) in [6, 6.07) is 8.21. The zero-order valence-electron chi connectivity index (χ0n) is 11.3. The van der Waals surface area contributed by atoms with Crippen LogP contribution >= 0.6 is 0 Å². The van der Waals surface area contributed by atoms with Crippen molar-refractivity contribution in [1.82, 2.24) is 5.43 Å². The molecule has 0 heterocycles. The highest BCUT2D eigenvalue weighted by atomic mass is 19.3. The summed E-state index contributed by atoms with van der Waals surface area (Å²) in [6.07, 6.45) is 1.97. The zero-order valence-corrected chi connectivity index (χ0v) is 11.3. The molecule has 1 aromatic rings. The van der Waals surface area contributed by atoms with Crippen LogP contribution in [-0.4, -0.2) is 5.92 Å². The van der Waals surface area contributed by atoms with Crippen LogP contribution in [0.5, 0.6) is 0 Å². The van der Waals surface area contributed by atoms with Crippen LogP contribution in [0.25, 0.3) is 0 Å². The van der Waals surface area contributed by atoms with E-state index in [1.165, 1.54) is 5.56 Å². The van der Waals surface area contributed by atoms with Gasteiger partial charge >= 0.3 is 0 Å². The maximum absolute atomic E-state index is 13.2. The summed E-state index contributed by atoms with van der Waals surface area (Å²) >= 11 is 0. The second-order valence-corrected chi connectivity index (χ2v) is 5.44. The molecule has 1 aliphatic rings. The summed E-state index contributed by atoms with van der Waals surface area (Å²) in [7, 11) is 0.